The summed E-state index contributed by atoms with van der Waals surface area (Å²) in [6, 6.07) is 26.3. The number of hydrogen-bond acceptors (Lipinski definition) is 5. The molecule has 2 heterocycles. The summed E-state index contributed by atoms with van der Waals surface area (Å²) < 4.78 is 18.9. The molecular weight excluding hydrogens is 465 g/mol. The second-order valence-corrected chi connectivity index (χ2v) is 9.09. The number of anilines is 2. The molecule has 0 aliphatic carbocycles. The Labute approximate surface area is 214 Å². The average Bonchev–Trinajstić information content (AvgIpc) is 2.91. The first-order chi connectivity index (χ1) is 18.1. The van der Waals surface area contributed by atoms with E-state index in [-0.39, 0.29) is 18.1 Å². The average molecular weight is 490 g/mol. The van der Waals surface area contributed by atoms with Crippen molar-refractivity contribution in [2.45, 2.75) is 12.8 Å². The Morgan fingerprint density at radius 3 is 2.54 bits per heavy atom. The molecule has 1 N–H and O–H groups in total. The Morgan fingerprint density at radius 1 is 0.973 bits per heavy atom. The summed E-state index contributed by atoms with van der Waals surface area (Å²) in [6.45, 7) is 3.82. The maximum Gasteiger partial charge on any atom is 0.197 e. The number of benzene rings is 4. The van der Waals surface area contributed by atoms with E-state index >= 15 is 0 Å². The summed E-state index contributed by atoms with van der Waals surface area (Å²) in [5, 5.41) is 5.69. The number of Topliss-reactive ketones (excluding diaryl/α,β-unsaturated/α-hetero) is 1. The largest absolute Gasteiger partial charge is 0.466 e. The van der Waals surface area contributed by atoms with Crippen LogP contribution in [0, 0.1) is 5.82 Å². The summed E-state index contributed by atoms with van der Waals surface area (Å²) in [4.78, 5) is 20.1. The fourth-order valence-corrected chi connectivity index (χ4v) is 4.88. The molecule has 0 bridgehead atoms. The molecule has 0 saturated carbocycles. The highest BCUT2D eigenvalue weighted by molar-refractivity contribution is 6.42. The van der Waals surface area contributed by atoms with Gasteiger partial charge in [0.2, 0.25) is 0 Å². The van der Waals surface area contributed by atoms with Gasteiger partial charge in [0.25, 0.3) is 0 Å². The topological polar surface area (TPSA) is 53.9 Å². The van der Waals surface area contributed by atoms with Crippen LogP contribution in [0.15, 0.2) is 114 Å². The van der Waals surface area contributed by atoms with Crippen LogP contribution >= 0.6 is 0 Å². The van der Waals surface area contributed by atoms with Gasteiger partial charge in [-0.3, -0.25) is 4.79 Å². The van der Waals surface area contributed by atoms with Crippen LogP contribution in [0.1, 0.15) is 11.1 Å². The summed E-state index contributed by atoms with van der Waals surface area (Å²) in [7, 11) is 0. The SMILES string of the molecule is C=COc1ccc2c3c(ccc2c1)N1CC(=O)C(Cc2ccc(F)cc2)=NC1=C(Cc1ccccc1)N3. The predicted octanol–water partition coefficient (Wildman–Crippen LogP) is 6.41. The first-order valence-corrected chi connectivity index (χ1v) is 12.1. The number of carbonyl (C=O) groups is 1. The molecule has 0 unspecified atom stereocenters. The molecule has 0 spiro atoms. The Kier molecular flexibility index (Phi) is 5.77. The molecule has 6 heteroatoms. The van der Waals surface area contributed by atoms with Gasteiger partial charge < -0.3 is 15.0 Å². The lowest BCUT2D eigenvalue weighted by Crippen LogP contribution is -2.41. The van der Waals surface area contributed by atoms with Gasteiger partial charge in [0.05, 0.1) is 35.6 Å². The summed E-state index contributed by atoms with van der Waals surface area (Å²) in [5.41, 5.74) is 5.20. The maximum atomic E-state index is 13.4. The van der Waals surface area contributed by atoms with E-state index in [0.717, 1.165) is 44.8 Å². The van der Waals surface area contributed by atoms with Gasteiger partial charge in [0.1, 0.15) is 11.6 Å². The molecule has 4 aromatic rings. The molecule has 4 aromatic carbocycles. The summed E-state index contributed by atoms with van der Waals surface area (Å²) in [6.07, 6.45) is 2.39. The van der Waals surface area contributed by atoms with E-state index in [4.69, 9.17) is 9.73 Å². The second kappa shape index (κ2) is 9.39. The Bertz CT molecular complexity index is 1590. The van der Waals surface area contributed by atoms with Crippen LogP contribution in [-0.4, -0.2) is 18.0 Å². The van der Waals surface area contributed by atoms with Gasteiger partial charge in [-0.1, -0.05) is 55.1 Å². The van der Waals surface area contributed by atoms with Gasteiger partial charge >= 0.3 is 0 Å². The number of nitrogens with one attached hydrogen (secondary N) is 1. The van der Waals surface area contributed by atoms with E-state index in [1.54, 1.807) is 12.1 Å². The van der Waals surface area contributed by atoms with E-state index < -0.39 is 0 Å². The lowest BCUT2D eigenvalue weighted by Gasteiger charge is -2.37. The highest BCUT2D eigenvalue weighted by Crippen LogP contribution is 2.43. The maximum absolute atomic E-state index is 13.4. The number of hydrogen-bond donors (Lipinski definition) is 1. The van der Waals surface area contributed by atoms with Gasteiger partial charge in [-0.2, -0.15) is 0 Å². The van der Waals surface area contributed by atoms with Crippen molar-refractivity contribution in [3.63, 3.8) is 0 Å². The third kappa shape index (κ3) is 4.38. The molecule has 0 radical (unpaired) electrons. The number of nitrogens with zero attached hydrogens (tertiary/aromatic N) is 2. The third-order valence-electron chi connectivity index (χ3n) is 6.65. The molecule has 5 nitrogen and oxygen atoms in total. The van der Waals surface area contributed by atoms with Crippen LogP contribution in [0.5, 0.6) is 5.75 Å². The van der Waals surface area contributed by atoms with Crippen LogP contribution in [0.4, 0.5) is 15.8 Å². The number of fused-ring (bicyclic) bond motifs is 5. The van der Waals surface area contributed by atoms with E-state index in [1.807, 2.05) is 53.4 Å². The van der Waals surface area contributed by atoms with Crippen LogP contribution in [-0.2, 0) is 17.6 Å². The fraction of sp³-hybridized carbons (Fsp3) is 0.0968. The van der Waals surface area contributed by atoms with Crippen molar-refractivity contribution in [3.8, 4) is 5.75 Å². The molecule has 6 rings (SSSR count). The quantitative estimate of drug-likeness (QED) is 0.318. The highest BCUT2D eigenvalue weighted by Gasteiger charge is 2.33. The number of carbonyl (C=O) groups excluding carboxylic acids is 1. The van der Waals surface area contributed by atoms with Crippen molar-refractivity contribution in [3.05, 3.63) is 126 Å². The lowest BCUT2D eigenvalue weighted by atomic mass is 9.99. The minimum Gasteiger partial charge on any atom is -0.466 e. The van der Waals surface area contributed by atoms with Crippen molar-refractivity contribution in [1.29, 1.82) is 0 Å². The summed E-state index contributed by atoms with van der Waals surface area (Å²) >= 11 is 0. The van der Waals surface area contributed by atoms with Crippen molar-refractivity contribution >= 4 is 33.6 Å². The highest BCUT2D eigenvalue weighted by atomic mass is 19.1. The summed E-state index contributed by atoms with van der Waals surface area (Å²) in [5.74, 6) is 1.10. The number of allylic oxidation sites excluding steroid dienone is 1. The van der Waals surface area contributed by atoms with Crippen LogP contribution < -0.4 is 15.0 Å². The normalized spacial score (nSPS) is 14.6. The predicted molar refractivity (Wildman–Crippen MR) is 145 cm³/mol. The van der Waals surface area contributed by atoms with Crippen molar-refractivity contribution in [2.24, 2.45) is 4.99 Å². The molecular formula is C31H24FN3O2. The zero-order chi connectivity index (χ0) is 25.4. The Hall–Kier alpha value is -4.71. The first kappa shape index (κ1) is 22.7. The van der Waals surface area contributed by atoms with Crippen LogP contribution in [0.2, 0.25) is 0 Å². The number of ketones is 1. The van der Waals surface area contributed by atoms with E-state index in [1.165, 1.54) is 18.4 Å². The lowest BCUT2D eigenvalue weighted by molar-refractivity contribution is -0.112. The molecule has 0 fully saturated rings. The molecule has 37 heavy (non-hydrogen) atoms. The van der Waals surface area contributed by atoms with Crippen molar-refractivity contribution < 1.29 is 13.9 Å². The number of halogens is 1. The standard InChI is InChI=1S/C31H24FN3O2/c1-2-37-24-13-14-25-22(18-24)10-15-28-30(25)33-27(17-20-6-4-3-5-7-20)31-34-26(29(36)19-35(28)31)16-21-8-11-23(32)12-9-21/h2-15,18,33H,1,16-17,19H2. The smallest absolute Gasteiger partial charge is 0.197 e. The third-order valence-corrected chi connectivity index (χ3v) is 6.65. The van der Waals surface area contributed by atoms with Gasteiger partial charge in [-0.05, 0) is 52.9 Å². The van der Waals surface area contributed by atoms with E-state index in [9.17, 15) is 9.18 Å². The molecule has 182 valence electrons. The molecule has 0 atom stereocenters. The Balaban J connectivity index is 1.46. The van der Waals surface area contributed by atoms with Crippen molar-refractivity contribution in [1.82, 2.24) is 0 Å². The van der Waals surface area contributed by atoms with Gasteiger partial charge in [-0.25, -0.2) is 9.38 Å². The van der Waals surface area contributed by atoms with Gasteiger partial charge in [0, 0.05) is 18.2 Å². The number of rotatable bonds is 6. The first-order valence-electron chi connectivity index (χ1n) is 12.1. The molecule has 0 saturated heterocycles. The van der Waals surface area contributed by atoms with Crippen LogP contribution in [0.25, 0.3) is 10.8 Å². The molecule has 0 amide bonds. The molecule has 2 aliphatic heterocycles. The number of aliphatic imine (C=N–C) groups is 1. The Morgan fingerprint density at radius 2 is 1.76 bits per heavy atom. The monoisotopic (exact) mass is 489 g/mol. The van der Waals surface area contributed by atoms with Crippen molar-refractivity contribution in [2.75, 3.05) is 16.8 Å². The van der Waals surface area contributed by atoms with Gasteiger partial charge in [-0.15, -0.1) is 0 Å². The second-order valence-electron chi connectivity index (χ2n) is 9.09. The molecule has 0 aromatic heterocycles. The molecule has 2 aliphatic rings. The zero-order valence-electron chi connectivity index (χ0n) is 20.1. The van der Waals surface area contributed by atoms with E-state index in [2.05, 4.69) is 24.0 Å². The fourth-order valence-electron chi connectivity index (χ4n) is 4.88. The van der Waals surface area contributed by atoms with Gasteiger partial charge in [0.15, 0.2) is 11.6 Å². The minimum absolute atomic E-state index is 0.0465. The number of ether oxygens (including phenoxy) is 1. The minimum atomic E-state index is -0.303. The zero-order valence-corrected chi connectivity index (χ0v) is 20.1. The van der Waals surface area contributed by atoms with Crippen LogP contribution in [0.3, 0.4) is 0 Å². The van der Waals surface area contributed by atoms with E-state index in [0.29, 0.717) is 24.3 Å².